The summed E-state index contributed by atoms with van der Waals surface area (Å²) in [7, 11) is 7.49. The first kappa shape index (κ1) is 18.6. The number of aliphatic hydroxyl groups is 1. The molecule has 0 atom stereocenters. The Morgan fingerprint density at radius 1 is 1.12 bits per heavy atom. The lowest BCUT2D eigenvalue weighted by Gasteiger charge is -2.23. The fourth-order valence-corrected chi connectivity index (χ4v) is 1.28. The summed E-state index contributed by atoms with van der Waals surface area (Å²) in [5.74, 6) is 2.83. The highest BCUT2D eigenvalue weighted by atomic mass is 32.1. The molecule has 0 saturated carbocycles. The molecule has 0 bridgehead atoms. The van der Waals surface area contributed by atoms with Crippen molar-refractivity contribution in [3.8, 4) is 0 Å². The van der Waals surface area contributed by atoms with Crippen molar-refractivity contribution >= 4 is 23.8 Å². The van der Waals surface area contributed by atoms with E-state index in [1.54, 1.807) is 0 Å². The summed E-state index contributed by atoms with van der Waals surface area (Å²) in [6.45, 7) is 0.726. The molecule has 0 aromatic heterocycles. The number of thiocarbonyl (C=S) groups is 1. The molecule has 1 aromatic rings. The van der Waals surface area contributed by atoms with Crippen molar-refractivity contribution in [2.75, 3.05) is 34.8 Å². The number of nitrogens with zero attached hydrogens (tertiary/aromatic N) is 1. The predicted octanol–water partition coefficient (Wildman–Crippen LogP) is 1.61. The zero-order valence-corrected chi connectivity index (χ0v) is 12.1. The van der Waals surface area contributed by atoms with Crippen molar-refractivity contribution in [3.63, 3.8) is 0 Å². The third-order valence-electron chi connectivity index (χ3n) is 2.14. The molecule has 0 saturated heterocycles. The number of rotatable bonds is 3. The topological polar surface area (TPSA) is 46.2 Å². The molecular weight excluding hydrogens is 232 g/mol. The van der Waals surface area contributed by atoms with Crippen LogP contribution < -0.4 is 10.2 Å². The summed E-state index contributed by atoms with van der Waals surface area (Å²) in [5.41, 5.74) is 8.12. The van der Waals surface area contributed by atoms with Gasteiger partial charge in [-0.15, -0.1) is 0 Å². The van der Waals surface area contributed by atoms with Crippen molar-refractivity contribution in [3.05, 3.63) is 29.8 Å². The van der Waals surface area contributed by atoms with Crippen LogP contribution in [0.3, 0.4) is 0 Å². The minimum atomic E-state index is 0.726. The van der Waals surface area contributed by atoms with Gasteiger partial charge in [0, 0.05) is 7.11 Å². The second-order valence-corrected chi connectivity index (χ2v) is 4.22. The van der Waals surface area contributed by atoms with Gasteiger partial charge in [-0.3, -0.25) is 4.48 Å². The number of aliphatic hydroxyl groups excluding tert-OH is 1. The van der Waals surface area contributed by atoms with Gasteiger partial charge in [-0.25, -0.2) is 0 Å². The van der Waals surface area contributed by atoms with Gasteiger partial charge in [-0.1, -0.05) is 24.4 Å². The largest absolute Gasteiger partial charge is 0.400 e. The quantitative estimate of drug-likeness (QED) is 0.639. The van der Waals surface area contributed by atoms with Crippen LogP contribution in [-0.2, 0) is 6.42 Å². The molecule has 0 amide bonds. The number of hydrogen-bond acceptors (Lipinski definition) is 3. The third-order valence-corrected chi connectivity index (χ3v) is 2.14. The summed E-state index contributed by atoms with van der Waals surface area (Å²) < 4.78 is 0.864. The van der Waals surface area contributed by atoms with E-state index in [1.165, 1.54) is 11.3 Å². The van der Waals surface area contributed by atoms with Crippen molar-refractivity contribution < 1.29 is 5.11 Å². The SMILES string of the molecule is C=S.CO.C[N+](C)(C)c1ccc(CCN)cc1. The van der Waals surface area contributed by atoms with E-state index in [9.17, 15) is 0 Å². The standard InChI is InChI=1S/C11H19N2.CH4O.CH2S/c1-13(2,3)11-6-4-10(5-7-11)8-9-12;2*1-2/h4-7H,8-9,12H2,1-3H3;2H,1H3;1H2/q+1;;. The molecular formula is C13H25N2OS+. The number of benzene rings is 1. The lowest BCUT2D eigenvalue weighted by atomic mass is 10.1. The maximum Gasteiger partial charge on any atom is 0.132 e. The van der Waals surface area contributed by atoms with Crippen LogP contribution in [0.15, 0.2) is 24.3 Å². The Hall–Kier alpha value is -0.810. The first-order valence-electron chi connectivity index (χ1n) is 5.38. The molecule has 1 rings (SSSR count). The second kappa shape index (κ2) is 10.4. The molecule has 1 aromatic carbocycles. The molecule has 0 aliphatic heterocycles. The zero-order chi connectivity index (χ0) is 13.9. The van der Waals surface area contributed by atoms with E-state index in [0.717, 1.165) is 24.6 Å². The van der Waals surface area contributed by atoms with E-state index >= 15 is 0 Å². The Morgan fingerprint density at radius 3 is 1.82 bits per heavy atom. The molecule has 0 fully saturated rings. The summed E-state index contributed by atoms with van der Waals surface area (Å²) in [6, 6.07) is 8.66. The predicted molar refractivity (Wildman–Crippen MR) is 81.6 cm³/mol. The lowest BCUT2D eigenvalue weighted by molar-refractivity contribution is 0.399. The smallest absolute Gasteiger partial charge is 0.132 e. The van der Waals surface area contributed by atoms with Crippen molar-refractivity contribution in [2.45, 2.75) is 6.42 Å². The molecule has 0 radical (unpaired) electrons. The van der Waals surface area contributed by atoms with Gasteiger partial charge >= 0.3 is 0 Å². The number of hydrogen-bond donors (Lipinski definition) is 2. The van der Waals surface area contributed by atoms with Gasteiger partial charge in [0.05, 0.1) is 21.1 Å². The molecule has 4 heteroatoms. The third kappa shape index (κ3) is 7.99. The first-order valence-corrected chi connectivity index (χ1v) is 5.96. The van der Waals surface area contributed by atoms with Crippen molar-refractivity contribution in [1.82, 2.24) is 4.48 Å². The average molecular weight is 257 g/mol. The first-order chi connectivity index (χ1) is 8.04. The molecule has 0 spiro atoms. The number of quaternary nitrogens is 1. The highest BCUT2D eigenvalue weighted by Crippen LogP contribution is 2.17. The van der Waals surface area contributed by atoms with E-state index in [0.29, 0.717) is 0 Å². The summed E-state index contributed by atoms with van der Waals surface area (Å²) in [6.07, 6.45) is 0.970. The van der Waals surface area contributed by atoms with E-state index in [4.69, 9.17) is 10.8 Å². The molecule has 3 nitrogen and oxygen atoms in total. The van der Waals surface area contributed by atoms with Gasteiger partial charge < -0.3 is 10.8 Å². The molecule has 0 aliphatic carbocycles. The van der Waals surface area contributed by atoms with Gasteiger partial charge in [0.25, 0.3) is 0 Å². The normalized spacial score (nSPS) is 9.53. The van der Waals surface area contributed by atoms with Gasteiger partial charge in [-0.2, -0.15) is 0 Å². The fraction of sp³-hybridized carbons (Fsp3) is 0.462. The molecule has 98 valence electrons. The van der Waals surface area contributed by atoms with Gasteiger partial charge in [-0.05, 0) is 36.5 Å². The number of nitrogens with two attached hydrogens (primary N) is 1. The molecule has 3 N–H and O–H groups in total. The lowest BCUT2D eigenvalue weighted by Crippen LogP contribution is -2.34. The van der Waals surface area contributed by atoms with Crippen LogP contribution in [0.5, 0.6) is 0 Å². The van der Waals surface area contributed by atoms with Crippen LogP contribution in [0.1, 0.15) is 5.56 Å². The maximum absolute atomic E-state index is 7.00. The van der Waals surface area contributed by atoms with Crippen molar-refractivity contribution in [1.29, 1.82) is 0 Å². The average Bonchev–Trinajstić information content (AvgIpc) is 2.34. The van der Waals surface area contributed by atoms with Gasteiger partial charge in [0.2, 0.25) is 0 Å². The van der Waals surface area contributed by atoms with Crippen LogP contribution in [0, 0.1) is 0 Å². The van der Waals surface area contributed by atoms with Crippen LogP contribution in [0.4, 0.5) is 5.69 Å². The van der Waals surface area contributed by atoms with Crippen LogP contribution >= 0.6 is 12.2 Å². The Bertz CT molecular complexity index is 280. The Balaban J connectivity index is 0. The minimum Gasteiger partial charge on any atom is -0.400 e. The summed E-state index contributed by atoms with van der Waals surface area (Å²) in [4.78, 5) is 0. The van der Waals surface area contributed by atoms with E-state index in [-0.39, 0.29) is 0 Å². The fourth-order valence-electron chi connectivity index (χ4n) is 1.28. The highest BCUT2D eigenvalue weighted by molar-refractivity contribution is 7.77. The summed E-state index contributed by atoms with van der Waals surface area (Å²) in [5, 5.41) is 7.00. The van der Waals surface area contributed by atoms with E-state index in [1.807, 2.05) is 0 Å². The minimum absolute atomic E-state index is 0.726. The van der Waals surface area contributed by atoms with Gasteiger partial charge in [0.1, 0.15) is 5.69 Å². The highest BCUT2D eigenvalue weighted by Gasteiger charge is 2.10. The van der Waals surface area contributed by atoms with Crippen LogP contribution in [-0.4, -0.2) is 45.8 Å². The van der Waals surface area contributed by atoms with Crippen LogP contribution in [0.25, 0.3) is 0 Å². The molecule has 0 aliphatic rings. The Labute approximate surface area is 110 Å². The van der Waals surface area contributed by atoms with Crippen molar-refractivity contribution in [2.24, 2.45) is 5.73 Å². The van der Waals surface area contributed by atoms with E-state index < -0.39 is 0 Å². The molecule has 0 heterocycles. The molecule has 0 unspecified atom stereocenters. The summed E-state index contributed by atoms with van der Waals surface area (Å²) >= 11 is 3.83. The van der Waals surface area contributed by atoms with Crippen LogP contribution in [0.2, 0.25) is 0 Å². The molecule has 17 heavy (non-hydrogen) atoms. The Kier molecular flexibility index (Phi) is 11.3. The monoisotopic (exact) mass is 257 g/mol. The Morgan fingerprint density at radius 2 is 1.53 bits per heavy atom. The van der Waals surface area contributed by atoms with E-state index in [2.05, 4.69) is 63.5 Å². The van der Waals surface area contributed by atoms with Gasteiger partial charge in [0.15, 0.2) is 0 Å². The maximum atomic E-state index is 7.00. The zero-order valence-electron chi connectivity index (χ0n) is 11.3. The second-order valence-electron chi connectivity index (χ2n) is 4.22.